The fourth-order valence-electron chi connectivity index (χ4n) is 2.03. The van der Waals surface area contributed by atoms with Crippen LogP contribution in [0, 0.1) is 0 Å². The Hall–Kier alpha value is -1.72. The van der Waals surface area contributed by atoms with Gasteiger partial charge in [0.25, 0.3) is 0 Å². The van der Waals surface area contributed by atoms with E-state index in [1.165, 1.54) is 0 Å². The molecule has 0 saturated carbocycles. The highest BCUT2D eigenvalue weighted by atomic mass is 79.9. The molecular formula is C16H13BrClNO3. The van der Waals surface area contributed by atoms with E-state index in [2.05, 4.69) is 20.9 Å². The van der Waals surface area contributed by atoms with Gasteiger partial charge in [0, 0.05) is 22.3 Å². The highest BCUT2D eigenvalue weighted by Gasteiger charge is 2.17. The molecule has 114 valence electrons. The van der Waals surface area contributed by atoms with Crippen LogP contribution in [0.3, 0.4) is 0 Å². The molecule has 0 unspecified atom stereocenters. The number of benzene rings is 2. The van der Waals surface area contributed by atoms with Crippen molar-refractivity contribution >= 4 is 39.4 Å². The summed E-state index contributed by atoms with van der Waals surface area (Å²) in [7, 11) is 0. The Bertz CT molecular complexity index is 734. The molecule has 0 amide bonds. The van der Waals surface area contributed by atoms with E-state index in [4.69, 9.17) is 25.8 Å². The molecule has 6 heteroatoms. The van der Waals surface area contributed by atoms with E-state index in [0.29, 0.717) is 28.9 Å². The zero-order chi connectivity index (χ0) is 15.5. The van der Waals surface area contributed by atoms with Crippen molar-refractivity contribution in [2.24, 2.45) is 4.99 Å². The van der Waals surface area contributed by atoms with Gasteiger partial charge in [-0.05, 0) is 47.1 Å². The largest absolute Gasteiger partial charge is 0.493 e. The van der Waals surface area contributed by atoms with Crippen LogP contribution in [0.2, 0.25) is 5.02 Å². The predicted molar refractivity (Wildman–Crippen MR) is 90.1 cm³/mol. The van der Waals surface area contributed by atoms with Crippen LogP contribution in [-0.4, -0.2) is 19.6 Å². The van der Waals surface area contributed by atoms with Gasteiger partial charge in [-0.25, -0.2) is 0 Å². The van der Waals surface area contributed by atoms with E-state index in [9.17, 15) is 0 Å². The lowest BCUT2D eigenvalue weighted by Gasteiger charge is -2.08. The number of hydrogen-bond donors (Lipinski definition) is 0. The van der Waals surface area contributed by atoms with Crippen LogP contribution in [0.5, 0.6) is 17.2 Å². The van der Waals surface area contributed by atoms with Crippen LogP contribution >= 0.6 is 27.5 Å². The molecule has 3 rings (SSSR count). The molecule has 0 fully saturated rings. The van der Waals surface area contributed by atoms with Gasteiger partial charge in [-0.1, -0.05) is 11.6 Å². The first-order valence-corrected chi connectivity index (χ1v) is 7.90. The maximum absolute atomic E-state index is 6.07. The first-order valence-electron chi connectivity index (χ1n) is 6.73. The Morgan fingerprint density at radius 3 is 2.77 bits per heavy atom. The predicted octanol–water partition coefficient (Wildman–Crippen LogP) is 4.98. The molecule has 1 heterocycles. The van der Waals surface area contributed by atoms with Gasteiger partial charge in [0.2, 0.25) is 6.79 Å². The normalized spacial score (nSPS) is 12.9. The number of ether oxygens (including phenoxy) is 3. The maximum atomic E-state index is 6.07. The van der Waals surface area contributed by atoms with Gasteiger partial charge >= 0.3 is 0 Å². The Labute approximate surface area is 141 Å². The molecular weight excluding hydrogens is 370 g/mol. The fourth-order valence-corrected chi connectivity index (χ4v) is 2.45. The van der Waals surface area contributed by atoms with Crippen molar-refractivity contribution < 1.29 is 14.2 Å². The van der Waals surface area contributed by atoms with Crippen LogP contribution in [0.4, 0.5) is 5.69 Å². The molecule has 1 aliphatic heterocycles. The summed E-state index contributed by atoms with van der Waals surface area (Å²) in [6, 6.07) is 9.20. The lowest BCUT2D eigenvalue weighted by molar-refractivity contribution is 0.174. The van der Waals surface area contributed by atoms with E-state index in [1.807, 2.05) is 31.2 Å². The minimum absolute atomic E-state index is 0.226. The fraction of sp³-hybridized carbons (Fsp3) is 0.188. The van der Waals surface area contributed by atoms with E-state index in [0.717, 1.165) is 15.7 Å². The second-order valence-corrected chi connectivity index (χ2v) is 5.79. The number of halogens is 2. The Morgan fingerprint density at radius 2 is 2.05 bits per heavy atom. The SMILES string of the molecule is CCOc1cc2c(cc1C=Nc1ccc(Br)c(Cl)c1)OCO2. The van der Waals surface area contributed by atoms with Crippen molar-refractivity contribution in [3.63, 3.8) is 0 Å². The smallest absolute Gasteiger partial charge is 0.231 e. The molecule has 0 N–H and O–H groups in total. The molecule has 0 aromatic heterocycles. The Balaban J connectivity index is 1.93. The van der Waals surface area contributed by atoms with Crippen LogP contribution < -0.4 is 14.2 Å². The van der Waals surface area contributed by atoms with E-state index < -0.39 is 0 Å². The highest BCUT2D eigenvalue weighted by molar-refractivity contribution is 9.10. The third-order valence-electron chi connectivity index (χ3n) is 3.06. The monoisotopic (exact) mass is 381 g/mol. The van der Waals surface area contributed by atoms with Gasteiger partial charge in [-0.3, -0.25) is 4.99 Å². The summed E-state index contributed by atoms with van der Waals surface area (Å²) in [5.74, 6) is 2.09. The minimum atomic E-state index is 0.226. The van der Waals surface area contributed by atoms with Gasteiger partial charge in [0.1, 0.15) is 5.75 Å². The van der Waals surface area contributed by atoms with Crippen molar-refractivity contribution in [3.8, 4) is 17.2 Å². The molecule has 22 heavy (non-hydrogen) atoms. The highest BCUT2D eigenvalue weighted by Crippen LogP contribution is 2.38. The zero-order valence-corrected chi connectivity index (χ0v) is 14.1. The average Bonchev–Trinajstić information content (AvgIpc) is 2.96. The molecule has 1 aliphatic rings. The lowest BCUT2D eigenvalue weighted by atomic mass is 10.2. The number of rotatable bonds is 4. The summed E-state index contributed by atoms with van der Waals surface area (Å²) < 4.78 is 17.2. The van der Waals surface area contributed by atoms with Crippen LogP contribution in [0.1, 0.15) is 12.5 Å². The Morgan fingerprint density at radius 1 is 1.27 bits per heavy atom. The summed E-state index contributed by atoms with van der Waals surface area (Å²) >= 11 is 9.43. The summed E-state index contributed by atoms with van der Waals surface area (Å²) in [4.78, 5) is 4.44. The molecule has 4 nitrogen and oxygen atoms in total. The molecule has 0 bridgehead atoms. The Kier molecular flexibility index (Phi) is 4.55. The van der Waals surface area contributed by atoms with Gasteiger partial charge in [-0.15, -0.1) is 0 Å². The van der Waals surface area contributed by atoms with Gasteiger partial charge < -0.3 is 14.2 Å². The topological polar surface area (TPSA) is 40.0 Å². The quantitative estimate of drug-likeness (QED) is 0.700. The van der Waals surface area contributed by atoms with Crippen LogP contribution in [0.15, 0.2) is 39.8 Å². The first-order chi connectivity index (χ1) is 10.7. The van der Waals surface area contributed by atoms with Gasteiger partial charge in [0.05, 0.1) is 17.3 Å². The van der Waals surface area contributed by atoms with Crippen molar-refractivity contribution in [1.29, 1.82) is 0 Å². The zero-order valence-electron chi connectivity index (χ0n) is 11.8. The van der Waals surface area contributed by atoms with Crippen molar-refractivity contribution in [2.45, 2.75) is 6.92 Å². The van der Waals surface area contributed by atoms with E-state index >= 15 is 0 Å². The molecule has 0 atom stereocenters. The van der Waals surface area contributed by atoms with Crippen LogP contribution in [0.25, 0.3) is 0 Å². The van der Waals surface area contributed by atoms with E-state index in [-0.39, 0.29) is 6.79 Å². The van der Waals surface area contributed by atoms with E-state index in [1.54, 1.807) is 12.3 Å². The van der Waals surface area contributed by atoms with Crippen molar-refractivity contribution in [1.82, 2.24) is 0 Å². The second-order valence-electron chi connectivity index (χ2n) is 4.53. The summed E-state index contributed by atoms with van der Waals surface area (Å²) in [6.07, 6.45) is 1.73. The second kappa shape index (κ2) is 6.58. The molecule has 0 aliphatic carbocycles. The number of aliphatic imine (C=N–C) groups is 1. The molecule has 0 radical (unpaired) electrons. The number of fused-ring (bicyclic) bond motifs is 1. The van der Waals surface area contributed by atoms with Gasteiger partial charge in [-0.2, -0.15) is 0 Å². The lowest BCUT2D eigenvalue weighted by Crippen LogP contribution is -1.96. The average molecular weight is 383 g/mol. The molecule has 2 aromatic carbocycles. The number of hydrogen-bond acceptors (Lipinski definition) is 4. The van der Waals surface area contributed by atoms with Crippen molar-refractivity contribution in [3.05, 3.63) is 45.4 Å². The number of nitrogens with zero attached hydrogens (tertiary/aromatic N) is 1. The molecule has 2 aromatic rings. The molecule has 0 saturated heterocycles. The minimum Gasteiger partial charge on any atom is -0.493 e. The van der Waals surface area contributed by atoms with Crippen molar-refractivity contribution in [2.75, 3.05) is 13.4 Å². The standard InChI is InChI=1S/C16H13BrClNO3/c1-2-20-14-7-16-15(21-9-22-16)5-10(14)8-19-11-3-4-12(17)13(18)6-11/h3-8H,2,9H2,1H3. The summed E-state index contributed by atoms with van der Waals surface area (Å²) in [5.41, 5.74) is 1.58. The summed E-state index contributed by atoms with van der Waals surface area (Å²) in [5, 5.41) is 0.616. The summed E-state index contributed by atoms with van der Waals surface area (Å²) in [6.45, 7) is 2.72. The molecule has 0 spiro atoms. The maximum Gasteiger partial charge on any atom is 0.231 e. The third kappa shape index (κ3) is 3.20. The van der Waals surface area contributed by atoms with Crippen LogP contribution in [-0.2, 0) is 0 Å². The van der Waals surface area contributed by atoms with Gasteiger partial charge in [0.15, 0.2) is 11.5 Å². The third-order valence-corrected chi connectivity index (χ3v) is 4.29. The first kappa shape index (κ1) is 15.2.